The minimum atomic E-state index is -0.639. The zero-order chi connectivity index (χ0) is 17.9. The van der Waals surface area contributed by atoms with Crippen LogP contribution in [0.4, 0.5) is 0 Å². The monoisotopic (exact) mass is 334 g/mol. The third kappa shape index (κ3) is 7.76. The molecule has 6 nitrogen and oxygen atoms in total. The van der Waals surface area contributed by atoms with Gasteiger partial charge in [0.05, 0.1) is 0 Å². The van der Waals surface area contributed by atoms with Crippen molar-refractivity contribution in [3.8, 4) is 0 Å². The van der Waals surface area contributed by atoms with Crippen molar-refractivity contribution >= 4 is 17.8 Å². The first kappa shape index (κ1) is 19.7. The minimum absolute atomic E-state index is 0.124. The fourth-order valence-electron chi connectivity index (χ4n) is 2.17. The standard InChI is InChI=1S/C18H26N2O4/c1-4-19-18(23)15(10-13(2)3)20-16(21)11-17(22)24-12-14-8-6-5-7-9-14/h5-9,13,15H,4,10-12H2,1-3H3,(H,19,23)(H,20,21)/t15-/m0/s1. The number of nitrogens with one attached hydrogen (secondary N) is 2. The van der Waals surface area contributed by atoms with E-state index in [1.807, 2.05) is 51.1 Å². The largest absolute Gasteiger partial charge is 0.460 e. The van der Waals surface area contributed by atoms with Crippen molar-refractivity contribution in [1.82, 2.24) is 10.6 Å². The third-order valence-corrected chi connectivity index (χ3v) is 3.26. The van der Waals surface area contributed by atoms with Crippen molar-refractivity contribution < 1.29 is 19.1 Å². The highest BCUT2D eigenvalue weighted by Crippen LogP contribution is 2.06. The van der Waals surface area contributed by atoms with Gasteiger partial charge in [0.15, 0.2) is 0 Å². The van der Waals surface area contributed by atoms with E-state index in [1.54, 1.807) is 0 Å². The van der Waals surface area contributed by atoms with Crippen LogP contribution in [0.25, 0.3) is 0 Å². The molecule has 2 amide bonds. The minimum Gasteiger partial charge on any atom is -0.460 e. The maximum Gasteiger partial charge on any atom is 0.315 e. The van der Waals surface area contributed by atoms with E-state index in [2.05, 4.69) is 10.6 Å². The molecule has 1 atom stereocenters. The van der Waals surface area contributed by atoms with Crippen molar-refractivity contribution in [3.05, 3.63) is 35.9 Å². The summed E-state index contributed by atoms with van der Waals surface area (Å²) in [5, 5.41) is 5.30. The number of rotatable bonds is 9. The van der Waals surface area contributed by atoms with Crippen LogP contribution in [0.15, 0.2) is 30.3 Å². The summed E-state index contributed by atoms with van der Waals surface area (Å²) in [7, 11) is 0. The Morgan fingerprint density at radius 3 is 2.38 bits per heavy atom. The molecule has 0 aliphatic carbocycles. The molecule has 0 unspecified atom stereocenters. The van der Waals surface area contributed by atoms with E-state index in [-0.39, 0.29) is 18.4 Å². The maximum absolute atomic E-state index is 12.0. The lowest BCUT2D eigenvalue weighted by Gasteiger charge is -2.19. The SMILES string of the molecule is CCNC(=O)[C@H](CC(C)C)NC(=O)CC(=O)OCc1ccccc1. The van der Waals surface area contributed by atoms with Crippen molar-refractivity contribution in [3.63, 3.8) is 0 Å². The normalized spacial score (nSPS) is 11.7. The summed E-state index contributed by atoms with van der Waals surface area (Å²) in [6, 6.07) is 8.59. The summed E-state index contributed by atoms with van der Waals surface area (Å²) < 4.78 is 5.07. The molecule has 24 heavy (non-hydrogen) atoms. The number of ether oxygens (including phenoxy) is 1. The summed E-state index contributed by atoms with van der Waals surface area (Å²) in [6.45, 7) is 6.35. The molecular formula is C18H26N2O4. The molecule has 2 N–H and O–H groups in total. The van der Waals surface area contributed by atoms with Gasteiger partial charge in [-0.3, -0.25) is 14.4 Å². The number of benzene rings is 1. The third-order valence-electron chi connectivity index (χ3n) is 3.26. The molecule has 0 fully saturated rings. The van der Waals surface area contributed by atoms with Crippen LogP contribution in [-0.4, -0.2) is 30.4 Å². The lowest BCUT2D eigenvalue weighted by atomic mass is 10.0. The van der Waals surface area contributed by atoms with Gasteiger partial charge in [-0.25, -0.2) is 0 Å². The molecule has 1 aromatic carbocycles. The van der Waals surface area contributed by atoms with E-state index < -0.39 is 24.3 Å². The molecule has 0 aliphatic heterocycles. The van der Waals surface area contributed by atoms with Crippen molar-refractivity contribution in [1.29, 1.82) is 0 Å². The van der Waals surface area contributed by atoms with Gasteiger partial charge in [-0.1, -0.05) is 44.2 Å². The molecule has 0 heterocycles. The van der Waals surface area contributed by atoms with Crippen LogP contribution in [0.5, 0.6) is 0 Å². The second kappa shape index (κ2) is 10.4. The van der Waals surface area contributed by atoms with Crippen LogP contribution in [-0.2, 0) is 25.7 Å². The van der Waals surface area contributed by atoms with E-state index in [0.29, 0.717) is 13.0 Å². The first-order valence-corrected chi connectivity index (χ1v) is 8.19. The summed E-state index contributed by atoms with van der Waals surface area (Å²) in [5.74, 6) is -1.12. The highest BCUT2D eigenvalue weighted by molar-refractivity contribution is 5.96. The molecule has 1 aromatic rings. The van der Waals surface area contributed by atoms with Crippen LogP contribution in [0, 0.1) is 5.92 Å². The molecular weight excluding hydrogens is 308 g/mol. The molecule has 0 aromatic heterocycles. The molecule has 0 saturated heterocycles. The average molecular weight is 334 g/mol. The number of hydrogen-bond donors (Lipinski definition) is 2. The van der Waals surface area contributed by atoms with E-state index in [1.165, 1.54) is 0 Å². The Bertz CT molecular complexity index is 543. The highest BCUT2D eigenvalue weighted by Gasteiger charge is 2.22. The zero-order valence-electron chi connectivity index (χ0n) is 14.5. The quantitative estimate of drug-likeness (QED) is 0.533. The summed E-state index contributed by atoms with van der Waals surface area (Å²) in [5.41, 5.74) is 0.853. The summed E-state index contributed by atoms with van der Waals surface area (Å²) in [4.78, 5) is 35.7. The van der Waals surface area contributed by atoms with Gasteiger partial charge in [0.25, 0.3) is 0 Å². The Labute approximate surface area is 143 Å². The lowest BCUT2D eigenvalue weighted by molar-refractivity contribution is -0.148. The van der Waals surface area contributed by atoms with Gasteiger partial charge in [-0.05, 0) is 24.8 Å². The van der Waals surface area contributed by atoms with Crippen molar-refractivity contribution in [2.45, 2.75) is 46.3 Å². The van der Waals surface area contributed by atoms with Crippen LogP contribution < -0.4 is 10.6 Å². The van der Waals surface area contributed by atoms with Crippen LogP contribution in [0.2, 0.25) is 0 Å². The van der Waals surface area contributed by atoms with Crippen molar-refractivity contribution in [2.24, 2.45) is 5.92 Å². The van der Waals surface area contributed by atoms with Gasteiger partial charge >= 0.3 is 5.97 Å². The molecule has 0 spiro atoms. The molecule has 1 rings (SSSR count). The van der Waals surface area contributed by atoms with E-state index in [0.717, 1.165) is 5.56 Å². The van der Waals surface area contributed by atoms with Gasteiger partial charge in [-0.2, -0.15) is 0 Å². The van der Waals surface area contributed by atoms with Gasteiger partial charge < -0.3 is 15.4 Å². The van der Waals surface area contributed by atoms with Crippen LogP contribution >= 0.6 is 0 Å². The lowest BCUT2D eigenvalue weighted by Crippen LogP contribution is -2.47. The van der Waals surface area contributed by atoms with Gasteiger partial charge in [0, 0.05) is 6.54 Å². The molecule has 132 valence electrons. The second-order valence-electron chi connectivity index (χ2n) is 5.97. The van der Waals surface area contributed by atoms with E-state index >= 15 is 0 Å². The number of likely N-dealkylation sites (N-methyl/N-ethyl adjacent to an activating group) is 1. The maximum atomic E-state index is 12.0. The number of hydrogen-bond acceptors (Lipinski definition) is 4. The number of amides is 2. The predicted molar refractivity (Wildman–Crippen MR) is 90.9 cm³/mol. The van der Waals surface area contributed by atoms with E-state index in [9.17, 15) is 14.4 Å². The molecule has 6 heteroatoms. The fraction of sp³-hybridized carbons (Fsp3) is 0.500. The Morgan fingerprint density at radius 1 is 1.12 bits per heavy atom. The zero-order valence-corrected chi connectivity index (χ0v) is 14.5. The van der Waals surface area contributed by atoms with Gasteiger partial charge in [-0.15, -0.1) is 0 Å². The van der Waals surface area contributed by atoms with Crippen LogP contribution in [0.3, 0.4) is 0 Å². The Morgan fingerprint density at radius 2 is 1.79 bits per heavy atom. The fourth-order valence-corrected chi connectivity index (χ4v) is 2.17. The topological polar surface area (TPSA) is 84.5 Å². The Balaban J connectivity index is 2.46. The second-order valence-corrected chi connectivity index (χ2v) is 5.97. The average Bonchev–Trinajstić information content (AvgIpc) is 2.53. The predicted octanol–water partition coefficient (Wildman–Crippen LogP) is 1.79. The summed E-state index contributed by atoms with van der Waals surface area (Å²) >= 11 is 0. The highest BCUT2D eigenvalue weighted by atomic mass is 16.5. The Hall–Kier alpha value is -2.37. The van der Waals surface area contributed by atoms with Gasteiger partial charge in [0.2, 0.25) is 11.8 Å². The molecule has 0 radical (unpaired) electrons. The summed E-state index contributed by atoms with van der Waals surface area (Å²) in [6.07, 6.45) is 0.109. The first-order chi connectivity index (χ1) is 11.4. The van der Waals surface area contributed by atoms with Crippen molar-refractivity contribution in [2.75, 3.05) is 6.54 Å². The Kier molecular flexibility index (Phi) is 8.54. The smallest absolute Gasteiger partial charge is 0.315 e. The van der Waals surface area contributed by atoms with E-state index in [4.69, 9.17) is 4.74 Å². The molecule has 0 saturated carbocycles. The number of carbonyl (C=O) groups is 3. The first-order valence-electron chi connectivity index (χ1n) is 8.19. The number of esters is 1. The van der Waals surface area contributed by atoms with Crippen LogP contribution in [0.1, 0.15) is 39.2 Å². The van der Waals surface area contributed by atoms with Gasteiger partial charge in [0.1, 0.15) is 19.1 Å². The molecule has 0 aliphatic rings. The number of carbonyl (C=O) groups excluding carboxylic acids is 3. The molecule has 0 bridgehead atoms.